The predicted octanol–water partition coefficient (Wildman–Crippen LogP) is 12.1. The maximum atomic E-state index is 5.11. The van der Waals surface area contributed by atoms with Crippen LogP contribution in [0.4, 0.5) is 0 Å². The molecule has 0 spiro atoms. The molecule has 0 N–H and O–H groups in total. The van der Waals surface area contributed by atoms with Crippen LogP contribution in [0, 0.1) is 0 Å². The maximum absolute atomic E-state index is 5.11. The molecule has 0 aliphatic carbocycles. The Labute approximate surface area is 228 Å². The highest BCUT2D eigenvalue weighted by Gasteiger charge is 2.05. The molecule has 1 heteroatoms. The Kier molecular flexibility index (Phi) is 23.8. The van der Waals surface area contributed by atoms with Crippen molar-refractivity contribution < 1.29 is 0 Å². The Bertz CT molecular complexity index is 534. The van der Waals surface area contributed by atoms with Gasteiger partial charge < -0.3 is 0 Å². The number of hydrogen-bond acceptors (Lipinski definition) is 1. The molecule has 0 saturated heterocycles. The molecule has 210 valence electrons. The third-order valence-electron chi connectivity index (χ3n) is 7.88. The van der Waals surface area contributed by atoms with E-state index in [1.807, 2.05) is 0 Å². The minimum absolute atomic E-state index is 1.18. The molecular formula is C35H65N. The van der Waals surface area contributed by atoms with Gasteiger partial charge in [0, 0.05) is 11.4 Å². The topological polar surface area (TPSA) is 12.9 Å². The lowest BCUT2D eigenvalue weighted by molar-refractivity contribution is 0.547. The van der Waals surface area contributed by atoms with Crippen molar-refractivity contribution in [3.63, 3.8) is 0 Å². The van der Waals surface area contributed by atoms with E-state index >= 15 is 0 Å². The molecule has 0 radical (unpaired) electrons. The van der Waals surface area contributed by atoms with Crippen molar-refractivity contribution in [2.45, 2.75) is 194 Å². The molecule has 0 aromatic carbocycles. The second kappa shape index (κ2) is 25.8. The summed E-state index contributed by atoms with van der Waals surface area (Å²) in [5.41, 5.74) is 4.29. The van der Waals surface area contributed by atoms with E-state index < -0.39 is 0 Å². The van der Waals surface area contributed by atoms with Gasteiger partial charge in [-0.3, -0.25) is 4.98 Å². The Morgan fingerprint density at radius 3 is 1.00 bits per heavy atom. The van der Waals surface area contributed by atoms with Crippen LogP contribution in [0.1, 0.15) is 192 Å². The summed E-state index contributed by atoms with van der Waals surface area (Å²) in [5.74, 6) is 0. The van der Waals surface area contributed by atoms with Crippen LogP contribution in [0.15, 0.2) is 12.1 Å². The van der Waals surface area contributed by atoms with Gasteiger partial charge in [0.05, 0.1) is 0 Å². The van der Waals surface area contributed by atoms with Gasteiger partial charge in [0.1, 0.15) is 0 Å². The van der Waals surface area contributed by atoms with Gasteiger partial charge in [-0.2, -0.15) is 0 Å². The summed E-state index contributed by atoms with van der Waals surface area (Å²) in [6, 6.07) is 4.85. The molecule has 1 aromatic rings. The smallest absolute Gasteiger partial charge is 0.0409 e. The van der Waals surface area contributed by atoms with Crippen LogP contribution in [0.5, 0.6) is 0 Å². The molecule has 1 rings (SSSR count). The molecular weight excluding hydrogens is 434 g/mol. The molecule has 0 aliphatic heterocycles. The van der Waals surface area contributed by atoms with Gasteiger partial charge in [0.15, 0.2) is 0 Å². The number of aryl methyl sites for hydroxylation is 3. The summed E-state index contributed by atoms with van der Waals surface area (Å²) in [6.07, 6.45) is 37.3. The molecule has 0 amide bonds. The van der Waals surface area contributed by atoms with Gasteiger partial charge in [-0.1, -0.05) is 156 Å². The van der Waals surface area contributed by atoms with E-state index in [4.69, 9.17) is 4.98 Å². The normalized spacial score (nSPS) is 11.4. The first-order chi connectivity index (χ1) is 17.8. The summed E-state index contributed by atoms with van der Waals surface area (Å²) < 4.78 is 0. The van der Waals surface area contributed by atoms with Crippen LogP contribution in [0.3, 0.4) is 0 Å². The first-order valence-electron chi connectivity index (χ1n) is 16.8. The van der Waals surface area contributed by atoms with Crippen molar-refractivity contribution in [2.75, 3.05) is 0 Å². The lowest BCUT2D eigenvalue weighted by Gasteiger charge is -2.10. The maximum Gasteiger partial charge on any atom is 0.0409 e. The number of hydrogen-bond donors (Lipinski definition) is 0. The Morgan fingerprint density at radius 2 is 0.667 bits per heavy atom. The molecule has 36 heavy (non-hydrogen) atoms. The first kappa shape index (κ1) is 33.2. The van der Waals surface area contributed by atoms with E-state index in [-0.39, 0.29) is 0 Å². The van der Waals surface area contributed by atoms with Gasteiger partial charge in [-0.15, -0.1) is 0 Å². The fraction of sp³-hybridized carbons (Fsp3) is 0.857. The Hall–Kier alpha value is -0.850. The molecule has 1 aromatic heterocycles. The monoisotopic (exact) mass is 500 g/mol. The number of unbranched alkanes of at least 4 members (excludes halogenated alkanes) is 21. The minimum Gasteiger partial charge on any atom is -0.258 e. The van der Waals surface area contributed by atoms with Crippen LogP contribution in [0.25, 0.3) is 0 Å². The lowest BCUT2D eigenvalue weighted by atomic mass is 10.0. The molecule has 0 atom stereocenters. The van der Waals surface area contributed by atoms with E-state index in [1.165, 1.54) is 185 Å². The highest BCUT2D eigenvalue weighted by atomic mass is 14.7. The van der Waals surface area contributed by atoms with Crippen molar-refractivity contribution in [2.24, 2.45) is 0 Å². The third kappa shape index (κ3) is 20.2. The largest absolute Gasteiger partial charge is 0.258 e. The number of rotatable bonds is 27. The van der Waals surface area contributed by atoms with E-state index in [0.717, 1.165) is 0 Å². The van der Waals surface area contributed by atoms with Gasteiger partial charge in [-0.25, -0.2) is 0 Å². The third-order valence-corrected chi connectivity index (χ3v) is 7.88. The average molecular weight is 500 g/mol. The van der Waals surface area contributed by atoms with Gasteiger partial charge in [0.2, 0.25) is 0 Å². The van der Waals surface area contributed by atoms with E-state index in [2.05, 4.69) is 32.9 Å². The number of nitrogens with zero attached hydrogens (tertiary/aromatic N) is 1. The molecule has 1 nitrogen and oxygen atoms in total. The summed E-state index contributed by atoms with van der Waals surface area (Å²) in [7, 11) is 0. The zero-order valence-electron chi connectivity index (χ0n) is 25.2. The van der Waals surface area contributed by atoms with Crippen molar-refractivity contribution >= 4 is 0 Å². The molecule has 0 unspecified atom stereocenters. The molecule has 0 fully saturated rings. The fourth-order valence-corrected chi connectivity index (χ4v) is 5.44. The second-order valence-electron chi connectivity index (χ2n) is 11.6. The van der Waals surface area contributed by atoms with Crippen LogP contribution in [-0.2, 0) is 19.3 Å². The summed E-state index contributed by atoms with van der Waals surface area (Å²) in [6.45, 7) is 6.91. The number of pyridine rings is 1. The zero-order chi connectivity index (χ0) is 25.9. The van der Waals surface area contributed by atoms with Crippen LogP contribution < -0.4 is 0 Å². The SMILES string of the molecule is CCCCCCCCCCCCCc1cc(CCCC)cc(CCCCCCCCCCCCC)n1. The predicted molar refractivity (Wildman–Crippen MR) is 163 cm³/mol. The fourth-order valence-electron chi connectivity index (χ4n) is 5.44. The van der Waals surface area contributed by atoms with Crippen LogP contribution in [-0.4, -0.2) is 4.98 Å². The van der Waals surface area contributed by atoms with E-state index in [0.29, 0.717) is 0 Å². The van der Waals surface area contributed by atoms with Gasteiger partial charge in [0.25, 0.3) is 0 Å². The second-order valence-corrected chi connectivity index (χ2v) is 11.6. The van der Waals surface area contributed by atoms with Crippen molar-refractivity contribution in [1.82, 2.24) is 4.98 Å². The highest BCUT2D eigenvalue weighted by molar-refractivity contribution is 5.22. The standard InChI is InChI=1S/C35H65N/c1-4-7-10-12-14-16-18-20-22-24-26-29-34-31-33(28-9-6-3)32-35(36-34)30-27-25-23-21-19-17-15-13-11-8-5-2/h31-32H,4-30H2,1-3H3. The lowest BCUT2D eigenvalue weighted by Crippen LogP contribution is -2.00. The molecule has 0 bridgehead atoms. The van der Waals surface area contributed by atoms with Crippen molar-refractivity contribution in [3.05, 3.63) is 29.1 Å². The minimum atomic E-state index is 1.18. The zero-order valence-corrected chi connectivity index (χ0v) is 25.2. The summed E-state index contributed by atoms with van der Waals surface area (Å²) in [4.78, 5) is 5.11. The van der Waals surface area contributed by atoms with Crippen LogP contribution in [0.2, 0.25) is 0 Å². The quantitative estimate of drug-likeness (QED) is 0.110. The molecule has 0 saturated carbocycles. The van der Waals surface area contributed by atoms with E-state index in [1.54, 1.807) is 5.56 Å². The average Bonchev–Trinajstić information content (AvgIpc) is 2.89. The molecule has 0 aliphatic rings. The van der Waals surface area contributed by atoms with E-state index in [9.17, 15) is 0 Å². The van der Waals surface area contributed by atoms with Gasteiger partial charge >= 0.3 is 0 Å². The van der Waals surface area contributed by atoms with Crippen molar-refractivity contribution in [1.29, 1.82) is 0 Å². The van der Waals surface area contributed by atoms with Gasteiger partial charge in [-0.05, 0) is 56.2 Å². The van der Waals surface area contributed by atoms with Crippen molar-refractivity contribution in [3.8, 4) is 0 Å². The summed E-state index contributed by atoms with van der Waals surface area (Å²) >= 11 is 0. The number of aromatic nitrogens is 1. The highest BCUT2D eigenvalue weighted by Crippen LogP contribution is 2.17. The summed E-state index contributed by atoms with van der Waals surface area (Å²) in [5, 5.41) is 0. The molecule has 1 heterocycles. The Balaban J connectivity index is 2.21. The Morgan fingerprint density at radius 1 is 0.361 bits per heavy atom. The first-order valence-corrected chi connectivity index (χ1v) is 16.8. The van der Waals surface area contributed by atoms with Crippen LogP contribution >= 0.6 is 0 Å².